The van der Waals surface area contributed by atoms with Gasteiger partial charge >= 0.3 is 5.97 Å². The summed E-state index contributed by atoms with van der Waals surface area (Å²) < 4.78 is 0. The van der Waals surface area contributed by atoms with Gasteiger partial charge in [-0.2, -0.15) is 5.26 Å². The van der Waals surface area contributed by atoms with Gasteiger partial charge in [0.05, 0.1) is 19.0 Å². The van der Waals surface area contributed by atoms with Gasteiger partial charge in [0.25, 0.3) is 0 Å². The SMILES string of the molecule is C/C=C\CC=C[C@@H](C)C1=NC(N(C)C(=O)C(C)CC)CN(CC(=O)NC(CC#N)C(=O)O)[C@@H]2CC=CC=C12. The van der Waals surface area contributed by atoms with Crippen LogP contribution in [0.1, 0.15) is 53.4 Å². The number of likely N-dealkylation sites (N-methyl/N-ethyl adjacent to an activating group) is 1. The van der Waals surface area contributed by atoms with E-state index in [2.05, 4.69) is 30.5 Å². The lowest BCUT2D eigenvalue weighted by Gasteiger charge is -2.35. The molecule has 206 valence electrons. The van der Waals surface area contributed by atoms with E-state index in [1.165, 1.54) is 0 Å². The molecule has 0 aromatic rings. The highest BCUT2D eigenvalue weighted by atomic mass is 16.4. The van der Waals surface area contributed by atoms with Crippen molar-refractivity contribution in [3.05, 3.63) is 48.1 Å². The molecule has 2 N–H and O–H groups in total. The molecule has 0 fully saturated rings. The number of carboxylic acid groups (broad SMARTS) is 1. The third-order valence-electron chi connectivity index (χ3n) is 7.02. The summed E-state index contributed by atoms with van der Waals surface area (Å²) in [5.74, 6) is -1.94. The lowest BCUT2D eigenvalue weighted by atomic mass is 9.87. The molecule has 38 heavy (non-hydrogen) atoms. The molecule has 2 aliphatic rings. The number of aliphatic carboxylic acids is 1. The quantitative estimate of drug-likeness (QED) is 0.377. The molecule has 0 saturated heterocycles. The summed E-state index contributed by atoms with van der Waals surface area (Å²) in [4.78, 5) is 46.4. The van der Waals surface area contributed by atoms with Crippen LogP contribution in [0.25, 0.3) is 0 Å². The Morgan fingerprint density at radius 2 is 2.08 bits per heavy atom. The van der Waals surface area contributed by atoms with Crippen molar-refractivity contribution in [2.75, 3.05) is 20.1 Å². The molecular formula is C29H41N5O4. The first kappa shape index (κ1) is 30.7. The number of nitrogens with zero attached hydrogens (tertiary/aromatic N) is 4. The number of carboxylic acids is 1. The summed E-state index contributed by atoms with van der Waals surface area (Å²) >= 11 is 0. The maximum atomic E-state index is 13.2. The molecule has 1 aliphatic carbocycles. The molecule has 2 amide bonds. The molecule has 1 heterocycles. The zero-order chi connectivity index (χ0) is 28.2. The molecule has 0 bridgehead atoms. The van der Waals surface area contributed by atoms with Crippen molar-refractivity contribution in [1.82, 2.24) is 15.1 Å². The number of carbonyl (C=O) groups excluding carboxylic acids is 2. The van der Waals surface area contributed by atoms with Gasteiger partial charge in [0.2, 0.25) is 11.8 Å². The van der Waals surface area contributed by atoms with Crippen molar-refractivity contribution in [2.45, 2.75) is 71.6 Å². The third-order valence-corrected chi connectivity index (χ3v) is 7.02. The van der Waals surface area contributed by atoms with E-state index >= 15 is 0 Å². The number of aliphatic imine (C=N–C) groups is 1. The minimum Gasteiger partial charge on any atom is -0.480 e. The third kappa shape index (κ3) is 8.25. The number of fused-ring (bicyclic) bond motifs is 1. The Kier molecular flexibility index (Phi) is 12.2. The van der Waals surface area contributed by atoms with Crippen molar-refractivity contribution in [3.63, 3.8) is 0 Å². The van der Waals surface area contributed by atoms with E-state index in [-0.39, 0.29) is 36.8 Å². The van der Waals surface area contributed by atoms with Gasteiger partial charge in [-0.3, -0.25) is 19.5 Å². The fourth-order valence-electron chi connectivity index (χ4n) is 4.57. The molecule has 2 rings (SSSR count). The number of hydrogen-bond donors (Lipinski definition) is 2. The maximum Gasteiger partial charge on any atom is 0.327 e. The zero-order valence-corrected chi connectivity index (χ0v) is 23.1. The molecule has 0 aromatic heterocycles. The van der Waals surface area contributed by atoms with Gasteiger partial charge in [-0.05, 0) is 31.8 Å². The van der Waals surface area contributed by atoms with E-state index in [0.29, 0.717) is 19.4 Å². The van der Waals surface area contributed by atoms with Crippen LogP contribution in [-0.2, 0) is 14.4 Å². The zero-order valence-electron chi connectivity index (χ0n) is 23.1. The van der Waals surface area contributed by atoms with Gasteiger partial charge in [-0.1, -0.05) is 63.3 Å². The Morgan fingerprint density at radius 3 is 2.71 bits per heavy atom. The summed E-state index contributed by atoms with van der Waals surface area (Å²) in [6, 6.07) is 0.369. The normalized spacial score (nSPS) is 22.0. The van der Waals surface area contributed by atoms with Crippen LogP contribution in [0.2, 0.25) is 0 Å². The van der Waals surface area contributed by atoms with Crippen LogP contribution >= 0.6 is 0 Å². The van der Waals surface area contributed by atoms with E-state index in [9.17, 15) is 19.5 Å². The van der Waals surface area contributed by atoms with Crippen LogP contribution in [0.3, 0.4) is 0 Å². The molecule has 5 atom stereocenters. The highest BCUT2D eigenvalue weighted by Gasteiger charge is 2.37. The number of nitrogens with one attached hydrogen (secondary N) is 1. The summed E-state index contributed by atoms with van der Waals surface area (Å²) in [5.41, 5.74) is 1.86. The summed E-state index contributed by atoms with van der Waals surface area (Å²) in [6.07, 6.45) is 15.7. The van der Waals surface area contributed by atoms with Crippen LogP contribution in [-0.4, -0.2) is 76.8 Å². The van der Waals surface area contributed by atoms with Crippen molar-refractivity contribution in [1.29, 1.82) is 5.26 Å². The number of rotatable bonds is 12. The van der Waals surface area contributed by atoms with Gasteiger partial charge in [0.15, 0.2) is 0 Å². The lowest BCUT2D eigenvalue weighted by molar-refractivity contribution is -0.142. The summed E-state index contributed by atoms with van der Waals surface area (Å²) in [6.45, 7) is 8.16. The topological polar surface area (TPSA) is 126 Å². The monoisotopic (exact) mass is 523 g/mol. The van der Waals surface area contributed by atoms with Crippen LogP contribution in [0.15, 0.2) is 53.1 Å². The highest BCUT2D eigenvalue weighted by Crippen LogP contribution is 2.29. The minimum absolute atomic E-state index is 0.0155. The van der Waals surface area contributed by atoms with E-state index in [1.807, 2.05) is 50.0 Å². The summed E-state index contributed by atoms with van der Waals surface area (Å²) in [5, 5.41) is 20.8. The molecule has 1 aliphatic heterocycles. The van der Waals surface area contributed by atoms with Crippen molar-refractivity contribution in [2.24, 2.45) is 16.8 Å². The first-order valence-electron chi connectivity index (χ1n) is 13.3. The average molecular weight is 524 g/mol. The van der Waals surface area contributed by atoms with Crippen LogP contribution < -0.4 is 5.32 Å². The van der Waals surface area contributed by atoms with Gasteiger partial charge < -0.3 is 15.3 Å². The predicted octanol–water partition coefficient (Wildman–Crippen LogP) is 3.47. The largest absolute Gasteiger partial charge is 0.480 e. The fraction of sp³-hybridized carbons (Fsp3) is 0.552. The Morgan fingerprint density at radius 1 is 1.34 bits per heavy atom. The first-order chi connectivity index (χ1) is 18.1. The Labute approximate surface area is 226 Å². The molecule has 3 unspecified atom stereocenters. The Bertz CT molecular complexity index is 1050. The van der Waals surface area contributed by atoms with E-state index in [4.69, 9.17) is 10.3 Å². The second kappa shape index (κ2) is 15.0. The van der Waals surface area contributed by atoms with Crippen molar-refractivity contribution in [3.8, 4) is 6.07 Å². The smallest absolute Gasteiger partial charge is 0.327 e. The van der Waals surface area contributed by atoms with Crippen molar-refractivity contribution >= 4 is 23.5 Å². The predicted molar refractivity (Wildman–Crippen MR) is 148 cm³/mol. The molecule has 0 saturated carbocycles. The summed E-state index contributed by atoms with van der Waals surface area (Å²) in [7, 11) is 1.75. The minimum atomic E-state index is -1.28. The van der Waals surface area contributed by atoms with Gasteiger partial charge in [-0.25, -0.2) is 4.79 Å². The molecule has 0 radical (unpaired) electrons. The first-order valence-corrected chi connectivity index (χ1v) is 13.3. The molecule has 9 heteroatoms. The van der Waals surface area contributed by atoms with E-state index < -0.39 is 24.1 Å². The van der Waals surface area contributed by atoms with E-state index in [1.54, 1.807) is 18.0 Å². The number of carbonyl (C=O) groups is 3. The molecule has 0 aromatic carbocycles. The molecule has 0 spiro atoms. The Balaban J connectivity index is 2.45. The van der Waals surface area contributed by atoms with Crippen LogP contribution in [0, 0.1) is 23.2 Å². The second-order valence-electron chi connectivity index (χ2n) is 9.83. The van der Waals surface area contributed by atoms with Crippen LogP contribution in [0.5, 0.6) is 0 Å². The number of allylic oxidation sites excluding steroid dienone is 6. The van der Waals surface area contributed by atoms with Crippen molar-refractivity contribution < 1.29 is 19.5 Å². The Hall–Kier alpha value is -3.51. The maximum absolute atomic E-state index is 13.2. The number of nitriles is 1. The van der Waals surface area contributed by atoms with E-state index in [0.717, 1.165) is 17.7 Å². The van der Waals surface area contributed by atoms with Gasteiger partial charge in [0, 0.05) is 37.2 Å². The lowest BCUT2D eigenvalue weighted by Crippen LogP contribution is -2.52. The number of hydrogen-bond acceptors (Lipinski definition) is 6. The van der Waals surface area contributed by atoms with Gasteiger partial charge in [-0.15, -0.1) is 0 Å². The average Bonchev–Trinajstić information content (AvgIpc) is 3.06. The van der Waals surface area contributed by atoms with Gasteiger partial charge in [0.1, 0.15) is 12.2 Å². The highest BCUT2D eigenvalue weighted by molar-refractivity contribution is 6.04. The van der Waals surface area contributed by atoms with Crippen LogP contribution in [0.4, 0.5) is 0 Å². The molecule has 9 nitrogen and oxygen atoms in total. The fourth-order valence-corrected chi connectivity index (χ4v) is 4.57. The molecular weight excluding hydrogens is 482 g/mol. The second-order valence-corrected chi connectivity index (χ2v) is 9.83. The number of amides is 2. The standard InChI is InChI=1S/C29H41N5O4/c1-6-8-9-10-13-21(4)27-22-14-11-12-15-24(22)34(19-26(35)31-23(16-17-30)29(37)38)18-25(32-27)33(5)28(36)20(3)7-2/h6,8,10-14,20-21,23-25H,7,9,15-16,18-19H2,1-5H3,(H,31,35)(H,37,38)/b8-6-,13-10?/t20?,21-,23?,24-,25?/m1/s1.